The van der Waals surface area contributed by atoms with Gasteiger partial charge in [0.15, 0.2) is 0 Å². The molecule has 0 aromatic carbocycles. The molecule has 0 amide bonds. The van der Waals surface area contributed by atoms with Gasteiger partial charge in [-0.05, 0) is 25.0 Å². The van der Waals surface area contributed by atoms with Crippen molar-refractivity contribution in [1.82, 2.24) is 5.32 Å². The van der Waals surface area contributed by atoms with Crippen LogP contribution in [-0.2, 0) is 0 Å². The first kappa shape index (κ1) is 10.8. The van der Waals surface area contributed by atoms with Crippen LogP contribution in [0.4, 0.5) is 0 Å². The van der Waals surface area contributed by atoms with Crippen molar-refractivity contribution in [3.8, 4) is 0 Å². The minimum absolute atomic E-state index is 0.0275. The normalized spacial score (nSPS) is 39.4. The zero-order valence-corrected chi connectivity index (χ0v) is 9.78. The summed E-state index contributed by atoms with van der Waals surface area (Å²) in [6.07, 6.45) is 6.46. The molecule has 0 bridgehead atoms. The monoisotopic (exact) mass is 215 g/mol. The fourth-order valence-corrected chi connectivity index (χ4v) is 4.12. The van der Waals surface area contributed by atoms with E-state index in [9.17, 15) is 5.11 Å². The Labute approximate surface area is 90.8 Å². The second-order valence-corrected chi connectivity index (χ2v) is 6.15. The number of thioether (sulfide) groups is 1. The average molecular weight is 215 g/mol. The molecule has 2 atom stereocenters. The third kappa shape index (κ3) is 1.95. The number of hydrogen-bond donors (Lipinski definition) is 2. The topological polar surface area (TPSA) is 32.3 Å². The van der Waals surface area contributed by atoms with Gasteiger partial charge in [0.25, 0.3) is 0 Å². The zero-order chi connectivity index (χ0) is 10.0. The Morgan fingerprint density at radius 2 is 2.14 bits per heavy atom. The molecule has 14 heavy (non-hydrogen) atoms. The predicted octanol–water partition coefficient (Wildman–Crippen LogP) is 1.78. The van der Waals surface area contributed by atoms with Crippen LogP contribution in [0.1, 0.15) is 39.0 Å². The number of hydrogen-bond acceptors (Lipinski definition) is 3. The Hall–Kier alpha value is 0.270. The van der Waals surface area contributed by atoms with Crippen LogP contribution >= 0.6 is 11.8 Å². The number of rotatable bonds is 3. The highest BCUT2D eigenvalue weighted by Crippen LogP contribution is 2.36. The largest absolute Gasteiger partial charge is 0.394 e. The lowest BCUT2D eigenvalue weighted by Crippen LogP contribution is -2.56. The third-order valence-electron chi connectivity index (χ3n) is 3.82. The van der Waals surface area contributed by atoms with E-state index in [2.05, 4.69) is 12.2 Å². The maximum absolute atomic E-state index is 9.57. The van der Waals surface area contributed by atoms with Crippen LogP contribution in [0.5, 0.6) is 0 Å². The summed E-state index contributed by atoms with van der Waals surface area (Å²) in [6.45, 7) is 2.55. The van der Waals surface area contributed by atoms with E-state index < -0.39 is 0 Å². The van der Waals surface area contributed by atoms with Crippen molar-refractivity contribution >= 4 is 11.8 Å². The van der Waals surface area contributed by atoms with Gasteiger partial charge >= 0.3 is 0 Å². The van der Waals surface area contributed by atoms with Crippen LogP contribution in [0.3, 0.4) is 0 Å². The molecule has 2 aliphatic rings. The molecule has 3 heteroatoms. The summed E-state index contributed by atoms with van der Waals surface area (Å²) in [5.41, 5.74) is 0.0275. The Kier molecular flexibility index (Phi) is 3.40. The van der Waals surface area contributed by atoms with Crippen LogP contribution in [-0.4, -0.2) is 34.3 Å². The molecule has 2 N–H and O–H groups in total. The molecule has 2 unspecified atom stereocenters. The van der Waals surface area contributed by atoms with E-state index in [4.69, 9.17) is 0 Å². The second kappa shape index (κ2) is 4.42. The molecule has 1 aliphatic carbocycles. The van der Waals surface area contributed by atoms with Gasteiger partial charge in [0.2, 0.25) is 0 Å². The Balaban J connectivity index is 1.97. The van der Waals surface area contributed by atoms with E-state index in [0.29, 0.717) is 17.9 Å². The van der Waals surface area contributed by atoms with E-state index in [-0.39, 0.29) is 5.54 Å². The lowest BCUT2D eigenvalue weighted by Gasteiger charge is -2.35. The van der Waals surface area contributed by atoms with Gasteiger partial charge in [0.05, 0.1) is 12.1 Å². The predicted molar refractivity (Wildman–Crippen MR) is 61.7 cm³/mol. The smallest absolute Gasteiger partial charge is 0.0624 e. The molecule has 0 aromatic heterocycles. The lowest BCUT2D eigenvalue weighted by molar-refractivity contribution is 0.149. The molecular formula is C11H21NOS. The highest BCUT2D eigenvalue weighted by Gasteiger charge is 2.41. The van der Waals surface area contributed by atoms with Gasteiger partial charge in [-0.25, -0.2) is 0 Å². The fourth-order valence-electron chi connectivity index (χ4n) is 2.70. The summed E-state index contributed by atoms with van der Waals surface area (Å²) in [4.78, 5) is 0. The molecule has 1 saturated carbocycles. The Morgan fingerprint density at radius 3 is 2.64 bits per heavy atom. The standard InChI is InChI=1S/C11H21NOS/c1-9-11(8-13,6-7-14-9)12-10-4-2-3-5-10/h9-10,12-13H,2-8H2,1H3. The molecule has 2 rings (SSSR count). The van der Waals surface area contributed by atoms with Gasteiger partial charge < -0.3 is 10.4 Å². The fraction of sp³-hybridized carbons (Fsp3) is 1.00. The molecule has 1 saturated heterocycles. The van der Waals surface area contributed by atoms with Gasteiger partial charge in [0.1, 0.15) is 0 Å². The third-order valence-corrected chi connectivity index (χ3v) is 5.21. The van der Waals surface area contributed by atoms with Gasteiger partial charge in [-0.15, -0.1) is 0 Å². The summed E-state index contributed by atoms with van der Waals surface area (Å²) in [5.74, 6) is 1.20. The molecule has 2 nitrogen and oxygen atoms in total. The maximum atomic E-state index is 9.57. The van der Waals surface area contributed by atoms with E-state index in [0.717, 1.165) is 6.42 Å². The van der Waals surface area contributed by atoms with Crippen molar-refractivity contribution in [3.63, 3.8) is 0 Å². The SMILES string of the molecule is CC1SCCC1(CO)NC1CCCC1. The van der Waals surface area contributed by atoms with Gasteiger partial charge in [-0.3, -0.25) is 0 Å². The van der Waals surface area contributed by atoms with Gasteiger partial charge in [-0.2, -0.15) is 11.8 Å². The van der Waals surface area contributed by atoms with Crippen molar-refractivity contribution in [3.05, 3.63) is 0 Å². The van der Waals surface area contributed by atoms with E-state index in [1.165, 1.54) is 31.4 Å². The summed E-state index contributed by atoms with van der Waals surface area (Å²) in [5, 5.41) is 13.9. The summed E-state index contributed by atoms with van der Waals surface area (Å²) in [7, 11) is 0. The van der Waals surface area contributed by atoms with Gasteiger partial charge in [0, 0.05) is 11.3 Å². The molecule has 0 radical (unpaired) electrons. The molecule has 2 fully saturated rings. The molecule has 1 aliphatic heterocycles. The minimum atomic E-state index is 0.0275. The maximum Gasteiger partial charge on any atom is 0.0624 e. The highest BCUT2D eigenvalue weighted by molar-refractivity contribution is 8.00. The number of aliphatic hydroxyl groups excluding tert-OH is 1. The minimum Gasteiger partial charge on any atom is -0.394 e. The molecule has 0 spiro atoms. The van der Waals surface area contributed by atoms with E-state index in [1.54, 1.807) is 0 Å². The Bertz CT molecular complexity index is 194. The first-order valence-corrected chi connectivity index (χ1v) is 6.82. The van der Waals surface area contributed by atoms with Crippen LogP contribution < -0.4 is 5.32 Å². The summed E-state index contributed by atoms with van der Waals surface area (Å²) in [6, 6.07) is 0.670. The summed E-state index contributed by atoms with van der Waals surface area (Å²) >= 11 is 1.99. The molecule has 1 heterocycles. The first-order chi connectivity index (χ1) is 6.77. The number of nitrogens with one attached hydrogen (secondary N) is 1. The molecular weight excluding hydrogens is 194 g/mol. The van der Waals surface area contributed by atoms with E-state index >= 15 is 0 Å². The van der Waals surface area contributed by atoms with Crippen LogP contribution in [0.2, 0.25) is 0 Å². The van der Waals surface area contributed by atoms with Crippen molar-refractivity contribution in [2.75, 3.05) is 12.4 Å². The lowest BCUT2D eigenvalue weighted by atomic mass is 9.92. The van der Waals surface area contributed by atoms with E-state index in [1.807, 2.05) is 11.8 Å². The quantitative estimate of drug-likeness (QED) is 0.752. The molecule has 82 valence electrons. The van der Waals surface area contributed by atoms with Crippen molar-refractivity contribution in [2.45, 2.75) is 55.9 Å². The van der Waals surface area contributed by atoms with Crippen LogP contribution in [0, 0.1) is 0 Å². The van der Waals surface area contributed by atoms with Gasteiger partial charge in [-0.1, -0.05) is 19.8 Å². The average Bonchev–Trinajstić information content (AvgIpc) is 2.79. The summed E-state index contributed by atoms with van der Waals surface area (Å²) < 4.78 is 0. The van der Waals surface area contributed by atoms with Crippen molar-refractivity contribution in [1.29, 1.82) is 0 Å². The van der Waals surface area contributed by atoms with Crippen LogP contribution in [0.15, 0.2) is 0 Å². The number of aliphatic hydroxyl groups is 1. The zero-order valence-electron chi connectivity index (χ0n) is 8.96. The van der Waals surface area contributed by atoms with Crippen molar-refractivity contribution in [2.24, 2.45) is 0 Å². The molecule has 0 aromatic rings. The first-order valence-electron chi connectivity index (χ1n) is 5.77. The van der Waals surface area contributed by atoms with Crippen LogP contribution in [0.25, 0.3) is 0 Å². The highest BCUT2D eigenvalue weighted by atomic mass is 32.2. The Morgan fingerprint density at radius 1 is 1.43 bits per heavy atom. The van der Waals surface area contributed by atoms with Crippen molar-refractivity contribution < 1.29 is 5.11 Å². The second-order valence-electron chi connectivity index (χ2n) is 4.70.